The number of phenolic OH excluding ortho intramolecular Hbond substituents is 1. The highest BCUT2D eigenvalue weighted by molar-refractivity contribution is 5.91. The number of aromatic nitrogens is 3. The quantitative estimate of drug-likeness (QED) is 0.747. The highest BCUT2D eigenvalue weighted by atomic mass is 16.5. The van der Waals surface area contributed by atoms with Gasteiger partial charge in [0.1, 0.15) is 0 Å². The van der Waals surface area contributed by atoms with Gasteiger partial charge in [-0.2, -0.15) is 0 Å². The molecule has 1 N–H and O–H groups in total. The van der Waals surface area contributed by atoms with Crippen LogP contribution in [0.3, 0.4) is 0 Å². The molecule has 8 nitrogen and oxygen atoms in total. The Morgan fingerprint density at radius 3 is 2.82 bits per heavy atom. The fraction of sp³-hybridized carbons (Fsp3) is 0.550. The standard InChI is InChI=1S/C20H29N5O3/c1-3-28-18-9-7-8-16(19(18)26)14-23(2)12-13-25-15-17(21-22-25)20(27)24-10-5-4-6-11-24/h7-9,15,26H,3-6,10-14H2,1-2H3. The lowest BCUT2D eigenvalue weighted by atomic mass is 10.1. The maximum absolute atomic E-state index is 12.5. The SMILES string of the molecule is CCOc1cccc(CN(C)CCn2cc(C(=O)N3CCCCC3)nn2)c1O. The van der Waals surface area contributed by atoms with Crippen LogP contribution in [0.4, 0.5) is 0 Å². The summed E-state index contributed by atoms with van der Waals surface area (Å²) in [4.78, 5) is 16.4. The molecule has 0 radical (unpaired) electrons. The van der Waals surface area contributed by atoms with Crippen LogP contribution in [-0.4, -0.2) is 69.1 Å². The molecule has 0 aliphatic carbocycles. The number of likely N-dealkylation sites (N-methyl/N-ethyl adjacent to an activating group) is 1. The van der Waals surface area contributed by atoms with Gasteiger partial charge >= 0.3 is 0 Å². The summed E-state index contributed by atoms with van der Waals surface area (Å²) in [5, 5.41) is 18.5. The highest BCUT2D eigenvalue weighted by Crippen LogP contribution is 2.30. The zero-order valence-electron chi connectivity index (χ0n) is 16.7. The van der Waals surface area contributed by atoms with E-state index < -0.39 is 0 Å². The van der Waals surface area contributed by atoms with Crippen LogP contribution in [0.15, 0.2) is 24.4 Å². The molecule has 1 aliphatic heterocycles. The molecule has 3 rings (SSSR count). The van der Waals surface area contributed by atoms with Crippen LogP contribution < -0.4 is 4.74 Å². The number of hydrogen-bond donors (Lipinski definition) is 1. The molecule has 2 heterocycles. The zero-order valence-corrected chi connectivity index (χ0v) is 16.7. The van der Waals surface area contributed by atoms with E-state index in [2.05, 4.69) is 15.2 Å². The summed E-state index contributed by atoms with van der Waals surface area (Å²) < 4.78 is 7.14. The largest absolute Gasteiger partial charge is 0.504 e. The van der Waals surface area contributed by atoms with Crippen LogP contribution in [-0.2, 0) is 13.1 Å². The number of carbonyl (C=O) groups is 1. The fourth-order valence-corrected chi connectivity index (χ4v) is 3.38. The van der Waals surface area contributed by atoms with Gasteiger partial charge in [-0.05, 0) is 39.3 Å². The Kier molecular flexibility index (Phi) is 6.86. The van der Waals surface area contributed by atoms with Gasteiger partial charge in [0.25, 0.3) is 5.91 Å². The first kappa shape index (κ1) is 20.1. The van der Waals surface area contributed by atoms with Crippen LogP contribution in [0.25, 0.3) is 0 Å². The minimum atomic E-state index is -0.0306. The molecule has 2 aromatic rings. The van der Waals surface area contributed by atoms with Crippen molar-refractivity contribution in [3.8, 4) is 11.5 Å². The van der Waals surface area contributed by atoms with Crippen molar-refractivity contribution in [2.75, 3.05) is 33.3 Å². The Morgan fingerprint density at radius 1 is 1.29 bits per heavy atom. The van der Waals surface area contributed by atoms with Crippen molar-refractivity contribution in [2.24, 2.45) is 0 Å². The minimum Gasteiger partial charge on any atom is -0.504 e. The number of aromatic hydroxyl groups is 1. The first-order valence-electron chi connectivity index (χ1n) is 9.90. The Bertz CT molecular complexity index is 786. The summed E-state index contributed by atoms with van der Waals surface area (Å²) in [5.74, 6) is 0.661. The Labute approximate surface area is 165 Å². The first-order valence-corrected chi connectivity index (χ1v) is 9.90. The molecule has 8 heteroatoms. The molecule has 152 valence electrons. The van der Waals surface area contributed by atoms with E-state index in [0.717, 1.165) is 31.5 Å². The van der Waals surface area contributed by atoms with Crippen molar-refractivity contribution in [3.63, 3.8) is 0 Å². The second kappa shape index (κ2) is 9.54. The van der Waals surface area contributed by atoms with Crippen LogP contribution in [0, 0.1) is 0 Å². The lowest BCUT2D eigenvalue weighted by molar-refractivity contribution is 0.0718. The second-order valence-electron chi connectivity index (χ2n) is 7.15. The molecular formula is C20H29N5O3. The van der Waals surface area contributed by atoms with Crippen molar-refractivity contribution in [2.45, 2.75) is 39.3 Å². The van der Waals surface area contributed by atoms with Crippen LogP contribution >= 0.6 is 0 Å². The zero-order chi connectivity index (χ0) is 19.9. The molecule has 28 heavy (non-hydrogen) atoms. The fourth-order valence-electron chi connectivity index (χ4n) is 3.38. The maximum atomic E-state index is 12.5. The van der Waals surface area contributed by atoms with Crippen LogP contribution in [0.1, 0.15) is 42.2 Å². The molecule has 1 saturated heterocycles. The number of likely N-dealkylation sites (tertiary alicyclic amines) is 1. The maximum Gasteiger partial charge on any atom is 0.276 e. The number of benzene rings is 1. The van der Waals surface area contributed by atoms with Gasteiger partial charge < -0.3 is 19.6 Å². The van der Waals surface area contributed by atoms with E-state index in [1.54, 1.807) is 16.9 Å². The van der Waals surface area contributed by atoms with E-state index in [0.29, 0.717) is 37.7 Å². The monoisotopic (exact) mass is 387 g/mol. The molecule has 1 aromatic carbocycles. The lowest BCUT2D eigenvalue weighted by Crippen LogP contribution is -2.35. The van der Waals surface area contributed by atoms with Crippen molar-refractivity contribution >= 4 is 5.91 Å². The summed E-state index contributed by atoms with van der Waals surface area (Å²) in [6.07, 6.45) is 5.02. The summed E-state index contributed by atoms with van der Waals surface area (Å²) >= 11 is 0. The van der Waals surface area contributed by atoms with Crippen molar-refractivity contribution in [1.82, 2.24) is 24.8 Å². The number of piperidine rings is 1. The summed E-state index contributed by atoms with van der Waals surface area (Å²) in [6, 6.07) is 5.53. The van der Waals surface area contributed by atoms with E-state index >= 15 is 0 Å². The predicted molar refractivity (Wildman–Crippen MR) is 105 cm³/mol. The van der Waals surface area contributed by atoms with Crippen molar-refractivity contribution in [1.29, 1.82) is 0 Å². The molecule has 0 saturated carbocycles. The van der Waals surface area contributed by atoms with Gasteiger partial charge in [-0.15, -0.1) is 5.10 Å². The smallest absolute Gasteiger partial charge is 0.276 e. The third kappa shape index (κ3) is 5.01. The van der Waals surface area contributed by atoms with Gasteiger partial charge in [-0.25, -0.2) is 0 Å². The van der Waals surface area contributed by atoms with Gasteiger partial charge in [0.05, 0.1) is 19.3 Å². The summed E-state index contributed by atoms with van der Waals surface area (Å²) in [7, 11) is 1.98. The third-order valence-corrected chi connectivity index (χ3v) is 4.93. The lowest BCUT2D eigenvalue weighted by Gasteiger charge is -2.25. The molecular weight excluding hydrogens is 358 g/mol. The predicted octanol–water partition coefficient (Wildman–Crippen LogP) is 2.14. The van der Waals surface area contributed by atoms with Crippen LogP contribution in [0.2, 0.25) is 0 Å². The number of carbonyl (C=O) groups excluding carboxylic acids is 1. The van der Waals surface area contributed by atoms with Crippen molar-refractivity contribution < 1.29 is 14.6 Å². The highest BCUT2D eigenvalue weighted by Gasteiger charge is 2.21. The Morgan fingerprint density at radius 2 is 2.07 bits per heavy atom. The third-order valence-electron chi connectivity index (χ3n) is 4.93. The van der Waals surface area contributed by atoms with Gasteiger partial charge in [0.15, 0.2) is 17.2 Å². The molecule has 0 unspecified atom stereocenters. The van der Waals surface area contributed by atoms with Crippen molar-refractivity contribution in [3.05, 3.63) is 35.7 Å². The number of hydrogen-bond acceptors (Lipinski definition) is 6. The number of amides is 1. The topological polar surface area (TPSA) is 83.7 Å². The number of rotatable bonds is 8. The number of phenols is 1. The molecule has 0 bridgehead atoms. The van der Waals surface area contributed by atoms with Gasteiger partial charge in [-0.3, -0.25) is 9.48 Å². The second-order valence-corrected chi connectivity index (χ2v) is 7.15. The molecule has 1 fully saturated rings. The van der Waals surface area contributed by atoms with E-state index in [9.17, 15) is 9.90 Å². The minimum absolute atomic E-state index is 0.0306. The van der Waals surface area contributed by atoms with E-state index in [1.165, 1.54) is 6.42 Å². The van der Waals surface area contributed by atoms with Crippen LogP contribution in [0.5, 0.6) is 11.5 Å². The van der Waals surface area contributed by atoms with E-state index in [4.69, 9.17) is 4.74 Å². The molecule has 1 amide bonds. The molecule has 0 atom stereocenters. The normalized spacial score (nSPS) is 14.5. The Balaban J connectivity index is 1.52. The molecule has 0 spiro atoms. The van der Waals surface area contributed by atoms with Gasteiger partial charge in [0.2, 0.25) is 0 Å². The summed E-state index contributed by atoms with van der Waals surface area (Å²) in [6.45, 7) is 5.92. The number of nitrogens with zero attached hydrogens (tertiary/aromatic N) is 5. The van der Waals surface area contributed by atoms with Gasteiger partial charge in [-0.1, -0.05) is 17.3 Å². The number of ether oxygens (including phenoxy) is 1. The molecule has 1 aliphatic rings. The summed E-state index contributed by atoms with van der Waals surface area (Å²) in [5.41, 5.74) is 1.22. The Hall–Kier alpha value is -2.61. The van der Waals surface area contributed by atoms with Gasteiger partial charge in [0, 0.05) is 31.7 Å². The average Bonchev–Trinajstić information content (AvgIpc) is 3.19. The van der Waals surface area contributed by atoms with E-state index in [1.807, 2.05) is 31.0 Å². The van der Waals surface area contributed by atoms with E-state index in [-0.39, 0.29) is 11.7 Å². The molecule has 1 aromatic heterocycles. The first-order chi connectivity index (χ1) is 13.6. The number of para-hydroxylation sites is 1. The average molecular weight is 387 g/mol.